The first kappa shape index (κ1) is 83.9. The molecule has 2 atom stereocenters. The van der Waals surface area contributed by atoms with Crippen LogP contribution in [-0.4, -0.2) is 12.8 Å². The maximum atomic E-state index is 9.27. The van der Waals surface area contributed by atoms with Crippen LogP contribution in [0.1, 0.15) is 48.5 Å². The molecule has 0 bridgehead atoms. The van der Waals surface area contributed by atoms with Crippen molar-refractivity contribution in [1.82, 2.24) is 0 Å². The molecule has 0 aromatic heterocycles. The molecular weight excluding hydrogens is 1100 g/mol. The molecule has 0 heterocycles. The Hall–Kier alpha value is 7.16. The quantitative estimate of drug-likeness (QED) is 0.237. The first-order valence-corrected chi connectivity index (χ1v) is 8.89. The summed E-state index contributed by atoms with van der Waals surface area (Å²) in [5.74, 6) is 1.02. The topological polar surface area (TPSA) is 34.1 Å². The molecule has 0 aliphatic rings. The molecule has 0 N–H and O–H groups in total. The van der Waals surface area contributed by atoms with Gasteiger partial charge in [-0.2, -0.15) is 13.8 Å². The fraction of sp³-hybridized carbons (Fsp3) is 0.733. The Morgan fingerprint density at radius 3 is 0.889 bits per heavy atom. The maximum absolute atomic E-state index is 9.27. The molecule has 0 fully saturated rings. The summed E-state index contributed by atoms with van der Waals surface area (Å²) in [5.41, 5.74) is 0. The first-order chi connectivity index (χ1) is 8.87. The van der Waals surface area contributed by atoms with Crippen LogP contribution in [0, 0.1) is 38.5 Å². The third-order valence-electron chi connectivity index (χ3n) is 1.27. The average Bonchev–Trinajstić information content (AvgIpc) is 2.42. The molecule has 12 heteroatoms. The minimum atomic E-state index is 0. The molecule has 6 radical (unpaired) electrons. The van der Waals surface area contributed by atoms with Gasteiger partial charge in [0.2, 0.25) is 0 Å². The first-order valence-electron chi connectivity index (χ1n) is 6.63. The van der Waals surface area contributed by atoms with Gasteiger partial charge in [0.1, 0.15) is 0 Å². The minimum Gasteiger partial charge on any atom is -0.370 e. The van der Waals surface area contributed by atoms with E-state index in [0.717, 1.165) is 6.16 Å². The Morgan fingerprint density at radius 2 is 0.889 bits per heavy atom. The summed E-state index contributed by atoms with van der Waals surface area (Å²) >= 11 is 0. The molecule has 0 spiro atoms. The predicted octanol–water partition coefficient (Wildman–Crippen LogP) is 6.57. The van der Waals surface area contributed by atoms with Gasteiger partial charge >= 0.3 is 0 Å². The summed E-state index contributed by atoms with van der Waals surface area (Å²) in [6.45, 7) is 22.9. The Bertz CT molecular complexity index is 155. The average molecular weight is 1130 g/mol. The molecule has 0 aromatic rings. The SMILES string of the molecule is CC.CCP=O.CP=O.[CH2-]C(C)[CH-]C.[CH2-]C(C)[CH-]C.[V].[V].[W].[W].[Y].[Y].[Y].[Y]. The second kappa shape index (κ2) is 104. The Kier molecular flexibility index (Phi) is 323. The Balaban J connectivity index is -0.00000000786. The van der Waals surface area contributed by atoms with Crippen LogP contribution in [-0.2, 0) is 219 Å². The summed E-state index contributed by atoms with van der Waals surface area (Å²) < 4.78 is 18.2. The van der Waals surface area contributed by atoms with Crippen LogP contribution in [0.2, 0.25) is 0 Å². The van der Waals surface area contributed by atoms with Gasteiger partial charge in [0.25, 0.3) is 0 Å². The molecule has 154 valence electrons. The van der Waals surface area contributed by atoms with Crippen LogP contribution in [0.15, 0.2) is 0 Å². The maximum Gasteiger partial charge on any atom is 0.154 e. The fourth-order valence-corrected chi connectivity index (χ4v) is 0. The molecule has 27 heavy (non-hydrogen) atoms. The van der Waals surface area contributed by atoms with Gasteiger partial charge in [-0.05, 0) is 0 Å². The van der Waals surface area contributed by atoms with Gasteiger partial charge in [0.15, 0.2) is 16.9 Å². The normalized spacial score (nSPS) is 7.78. The molecule has 0 saturated heterocycles. The molecule has 0 amide bonds. The smallest absolute Gasteiger partial charge is 0.154 e. The zero-order chi connectivity index (χ0) is 16.7. The van der Waals surface area contributed by atoms with E-state index in [1.54, 1.807) is 6.66 Å². The van der Waals surface area contributed by atoms with E-state index in [4.69, 9.17) is 4.57 Å². The zero-order valence-electron chi connectivity index (χ0n) is 18.2. The molecule has 2 unspecified atom stereocenters. The van der Waals surface area contributed by atoms with Crippen LogP contribution < -0.4 is 0 Å². The third-order valence-corrected chi connectivity index (χ3v) is 1.53. The van der Waals surface area contributed by atoms with Crippen molar-refractivity contribution < 1.29 is 219 Å². The van der Waals surface area contributed by atoms with Crippen LogP contribution >= 0.6 is 16.9 Å². The van der Waals surface area contributed by atoms with E-state index >= 15 is 0 Å². The molecule has 0 aliphatic heterocycles. The Labute approximate surface area is 328 Å². The standard InChI is InChI=1S/2C5H10.C2H5OP.C2H6.CH3OP.2V.2W.4Y/c2*1-4-5(2)3;1-2-4-3;1-2;1-3-2;;;;;;;;/h2*4-5H,2H2,1,3H3;2H2,1H3;1-2H3;1H3;;;;;;;;/q2*-2;;;;;;;;;;;. The van der Waals surface area contributed by atoms with Crippen molar-refractivity contribution in [3.63, 3.8) is 0 Å². The molecule has 2 nitrogen and oxygen atoms in total. The molecule has 0 aliphatic carbocycles. The van der Waals surface area contributed by atoms with Gasteiger partial charge in [-0.15, -0.1) is 13.8 Å². The monoisotopic (exact) mass is 1130 g/mol. The molecule has 0 saturated carbocycles. The van der Waals surface area contributed by atoms with Crippen molar-refractivity contribution in [3.8, 4) is 0 Å². The second-order valence-electron chi connectivity index (χ2n) is 3.25. The predicted molar refractivity (Wildman–Crippen MR) is 92.0 cm³/mol. The van der Waals surface area contributed by atoms with Gasteiger partial charge < -0.3 is 38.5 Å². The summed E-state index contributed by atoms with van der Waals surface area (Å²) in [6.07, 6.45) is 4.85. The van der Waals surface area contributed by atoms with Gasteiger partial charge in [0, 0.05) is 223 Å². The van der Waals surface area contributed by atoms with E-state index in [2.05, 4.69) is 40.5 Å². The summed E-state index contributed by atoms with van der Waals surface area (Å²) in [5, 5.41) is 0. The zero-order valence-corrected chi connectivity index (χ0v) is 40.0. The van der Waals surface area contributed by atoms with Crippen LogP contribution in [0.4, 0.5) is 0 Å². The third kappa shape index (κ3) is 218. The molecular formula is C15H34O2P2V2W2Y4-4. The summed E-state index contributed by atoms with van der Waals surface area (Å²) in [6, 6.07) is 0. The minimum absolute atomic E-state index is 0. The molecule has 0 aromatic carbocycles. The number of rotatable bonds is 3. The van der Waals surface area contributed by atoms with E-state index in [9.17, 15) is 4.57 Å². The van der Waals surface area contributed by atoms with Crippen molar-refractivity contribution in [1.29, 1.82) is 0 Å². The van der Waals surface area contributed by atoms with E-state index in [0.29, 0.717) is 11.8 Å². The van der Waals surface area contributed by atoms with Crippen LogP contribution in [0.3, 0.4) is 0 Å². The van der Waals surface area contributed by atoms with Crippen LogP contribution in [0.5, 0.6) is 0 Å². The van der Waals surface area contributed by atoms with Crippen molar-refractivity contribution in [2.45, 2.75) is 48.5 Å². The van der Waals surface area contributed by atoms with E-state index in [1.807, 2.05) is 34.6 Å². The van der Waals surface area contributed by atoms with Crippen molar-refractivity contribution in [2.24, 2.45) is 11.8 Å². The van der Waals surface area contributed by atoms with Crippen molar-refractivity contribution in [2.75, 3.05) is 12.8 Å². The summed E-state index contributed by atoms with van der Waals surface area (Å²) in [4.78, 5) is 0. The fourth-order valence-electron chi connectivity index (χ4n) is 0. The number of hydrogen-bond acceptors (Lipinski definition) is 2. The van der Waals surface area contributed by atoms with Crippen molar-refractivity contribution in [3.05, 3.63) is 26.7 Å². The van der Waals surface area contributed by atoms with Gasteiger partial charge in [-0.25, -0.2) is 0 Å². The van der Waals surface area contributed by atoms with Gasteiger partial charge in [-0.3, -0.25) is 9.13 Å². The van der Waals surface area contributed by atoms with E-state index < -0.39 is 0 Å². The van der Waals surface area contributed by atoms with Gasteiger partial charge in [0.05, 0.1) is 0 Å². The summed E-state index contributed by atoms with van der Waals surface area (Å²) in [7, 11) is 0.415. The van der Waals surface area contributed by atoms with Crippen molar-refractivity contribution >= 4 is 16.9 Å². The van der Waals surface area contributed by atoms with Crippen LogP contribution in [0.25, 0.3) is 0 Å². The Morgan fingerprint density at radius 1 is 0.815 bits per heavy atom. The van der Waals surface area contributed by atoms with E-state index in [-0.39, 0.29) is 227 Å². The van der Waals surface area contributed by atoms with Gasteiger partial charge in [-0.1, -0.05) is 20.8 Å². The molecule has 0 rings (SSSR count). The second-order valence-corrected chi connectivity index (χ2v) is 4.50. The van der Waals surface area contributed by atoms with E-state index in [1.165, 1.54) is 0 Å². The largest absolute Gasteiger partial charge is 0.370 e. The number of hydrogen-bond donors (Lipinski definition) is 0.